The van der Waals surface area contributed by atoms with Gasteiger partial charge in [0.25, 0.3) is 5.91 Å². The van der Waals surface area contributed by atoms with Crippen LogP contribution in [0.25, 0.3) is 0 Å². The summed E-state index contributed by atoms with van der Waals surface area (Å²) in [5.74, 6) is -3.57. The Morgan fingerprint density at radius 3 is 2.20 bits per heavy atom. The Morgan fingerprint density at radius 2 is 1.59 bits per heavy atom. The van der Waals surface area contributed by atoms with Crippen molar-refractivity contribution in [1.82, 2.24) is 30.9 Å². The van der Waals surface area contributed by atoms with Crippen LogP contribution in [0.3, 0.4) is 0 Å². The fraction of sp³-hybridized carbons (Fsp3) is 0.387. The van der Waals surface area contributed by atoms with Crippen LogP contribution in [0.5, 0.6) is 6.01 Å². The highest BCUT2D eigenvalue weighted by atomic mass is 35.5. The van der Waals surface area contributed by atoms with Crippen LogP contribution in [0.4, 0.5) is 30.8 Å². The molecule has 3 amide bonds. The maximum atomic E-state index is 12.9. The first-order valence-corrected chi connectivity index (χ1v) is 15.6. The number of rotatable bonds is 15. The molecule has 260 valence electrons. The van der Waals surface area contributed by atoms with Crippen molar-refractivity contribution in [1.29, 1.82) is 0 Å². The Labute approximate surface area is 282 Å². The maximum Gasteiger partial charge on any atom is 0.422 e. The van der Waals surface area contributed by atoms with Gasteiger partial charge in [-0.3, -0.25) is 14.4 Å². The third-order valence-electron chi connectivity index (χ3n) is 7.66. The molecule has 1 atom stereocenters. The molecular formula is C31H32ClF3N8O6. The predicted octanol–water partition coefficient (Wildman–Crippen LogP) is 3.53. The second-order valence-electron chi connectivity index (χ2n) is 11.6. The van der Waals surface area contributed by atoms with Gasteiger partial charge in [-0.1, -0.05) is 23.7 Å². The lowest BCUT2D eigenvalue weighted by atomic mass is 10.1. The van der Waals surface area contributed by atoms with Crippen molar-refractivity contribution in [2.75, 3.05) is 30.3 Å². The second-order valence-corrected chi connectivity index (χ2v) is 12.1. The zero-order valence-electron chi connectivity index (χ0n) is 25.8. The molecule has 0 spiro atoms. The molecule has 0 unspecified atom stereocenters. The highest BCUT2D eigenvalue weighted by Crippen LogP contribution is 2.48. The number of aromatic nitrogens is 3. The Morgan fingerprint density at radius 1 is 0.939 bits per heavy atom. The van der Waals surface area contributed by atoms with E-state index in [0.29, 0.717) is 36.0 Å². The number of carbonyl (C=O) groups is 4. The van der Waals surface area contributed by atoms with E-state index in [2.05, 4.69) is 41.5 Å². The summed E-state index contributed by atoms with van der Waals surface area (Å²) in [6.07, 6.45) is -1.41. The Balaban J connectivity index is 1.20. The fourth-order valence-electron chi connectivity index (χ4n) is 4.66. The van der Waals surface area contributed by atoms with E-state index in [1.165, 1.54) is 24.3 Å². The van der Waals surface area contributed by atoms with Crippen LogP contribution < -0.4 is 31.3 Å². The maximum absolute atomic E-state index is 12.9. The molecule has 2 saturated carbocycles. The molecule has 0 bridgehead atoms. The van der Waals surface area contributed by atoms with Gasteiger partial charge >= 0.3 is 30.0 Å². The number of nitrogens with zero attached hydrogens (tertiary/aromatic N) is 3. The number of hydrogen-bond acceptors (Lipinski definition) is 10. The topological polar surface area (TPSA) is 197 Å². The SMILES string of the molecule is O=C(NCC[C@H](NC(=O)c1ccc(Nc2nc(NC3(c4ccc(Cl)cc4)CC3)nc(OCC(F)(F)F)n2)cc1)C(=O)O)C(=O)NCC1CC1. The van der Waals surface area contributed by atoms with Gasteiger partial charge in [0.1, 0.15) is 6.04 Å². The van der Waals surface area contributed by atoms with E-state index in [1.807, 2.05) is 12.1 Å². The number of carboxylic acids is 1. The van der Waals surface area contributed by atoms with E-state index in [0.717, 1.165) is 18.4 Å². The van der Waals surface area contributed by atoms with E-state index in [9.17, 15) is 37.5 Å². The molecule has 2 aliphatic carbocycles. The molecule has 2 aromatic carbocycles. The highest BCUT2D eigenvalue weighted by Gasteiger charge is 2.45. The second kappa shape index (κ2) is 14.9. The molecule has 0 saturated heterocycles. The number of carbonyl (C=O) groups excluding carboxylic acids is 3. The number of hydrogen-bond donors (Lipinski definition) is 6. The van der Waals surface area contributed by atoms with E-state index < -0.39 is 54.1 Å². The average Bonchev–Trinajstić information content (AvgIpc) is 4.00. The molecule has 18 heteroatoms. The first-order valence-electron chi connectivity index (χ1n) is 15.3. The summed E-state index contributed by atoms with van der Waals surface area (Å²) in [6.45, 7) is -1.39. The van der Waals surface area contributed by atoms with Crippen LogP contribution in [-0.4, -0.2) is 75.7 Å². The lowest BCUT2D eigenvalue weighted by Crippen LogP contribution is -2.45. The van der Waals surface area contributed by atoms with E-state index >= 15 is 0 Å². The van der Waals surface area contributed by atoms with Gasteiger partial charge in [-0.2, -0.15) is 28.1 Å². The number of ether oxygens (including phenoxy) is 1. The predicted molar refractivity (Wildman–Crippen MR) is 169 cm³/mol. The number of amides is 3. The third-order valence-corrected chi connectivity index (χ3v) is 7.91. The minimum absolute atomic E-state index is 0.0343. The lowest BCUT2D eigenvalue weighted by molar-refractivity contribution is -0.154. The number of aliphatic carboxylic acids is 1. The fourth-order valence-corrected chi connectivity index (χ4v) is 4.78. The van der Waals surface area contributed by atoms with Crippen molar-refractivity contribution in [2.24, 2.45) is 5.92 Å². The van der Waals surface area contributed by atoms with Gasteiger partial charge in [0.15, 0.2) is 6.61 Å². The normalized spacial score (nSPS) is 15.3. The smallest absolute Gasteiger partial charge is 0.422 e. The lowest BCUT2D eigenvalue weighted by Gasteiger charge is -2.19. The van der Waals surface area contributed by atoms with Crippen molar-refractivity contribution in [3.05, 3.63) is 64.7 Å². The van der Waals surface area contributed by atoms with Gasteiger partial charge in [0, 0.05) is 29.4 Å². The third kappa shape index (κ3) is 10.4. The zero-order chi connectivity index (χ0) is 35.2. The zero-order valence-corrected chi connectivity index (χ0v) is 26.5. The number of anilines is 3. The van der Waals surface area contributed by atoms with E-state index in [-0.39, 0.29) is 30.4 Å². The summed E-state index contributed by atoms with van der Waals surface area (Å²) in [4.78, 5) is 60.6. The molecule has 5 rings (SSSR count). The van der Waals surface area contributed by atoms with Crippen LogP contribution in [0.1, 0.15) is 48.0 Å². The van der Waals surface area contributed by atoms with Crippen molar-refractivity contribution in [3.63, 3.8) is 0 Å². The summed E-state index contributed by atoms with van der Waals surface area (Å²) >= 11 is 6.01. The average molecular weight is 705 g/mol. The minimum Gasteiger partial charge on any atom is -0.480 e. The van der Waals surface area contributed by atoms with Gasteiger partial charge in [-0.15, -0.1) is 0 Å². The van der Waals surface area contributed by atoms with Gasteiger partial charge in [0.2, 0.25) is 11.9 Å². The Hall–Kier alpha value is -5.19. The van der Waals surface area contributed by atoms with Crippen LogP contribution in [0.2, 0.25) is 5.02 Å². The first-order chi connectivity index (χ1) is 23.3. The highest BCUT2D eigenvalue weighted by molar-refractivity contribution is 6.35. The number of carboxylic acid groups (broad SMARTS) is 1. The summed E-state index contributed by atoms with van der Waals surface area (Å²) in [7, 11) is 0. The molecule has 3 aromatic rings. The monoisotopic (exact) mass is 704 g/mol. The number of alkyl halides is 3. The largest absolute Gasteiger partial charge is 0.480 e. The van der Waals surface area contributed by atoms with Crippen LogP contribution in [-0.2, 0) is 19.9 Å². The summed E-state index contributed by atoms with van der Waals surface area (Å²) in [5.41, 5.74) is 0.765. The van der Waals surface area contributed by atoms with Gasteiger partial charge in [0.05, 0.1) is 5.54 Å². The molecule has 2 aliphatic rings. The molecular weight excluding hydrogens is 673 g/mol. The summed E-state index contributed by atoms with van der Waals surface area (Å²) < 4.78 is 43.5. The number of nitrogens with one attached hydrogen (secondary N) is 5. The summed E-state index contributed by atoms with van der Waals surface area (Å²) in [6, 6.07) is 10.8. The standard InChI is InChI=1S/C31H32ClF3N8O6/c32-20-7-5-19(6-8-20)30(12-13-30)43-28-40-27(41-29(42-28)49-16-31(33,34)35)38-21-9-3-18(4-10-21)23(44)39-22(26(47)48)11-14-36-24(45)25(46)37-15-17-1-2-17/h3-10,17,22H,1-2,11-16H2,(H,36,45)(H,37,46)(H,39,44)(H,47,48)(H2,38,40,41,42,43)/t22-/m0/s1. The van der Waals surface area contributed by atoms with Crippen LogP contribution >= 0.6 is 11.6 Å². The van der Waals surface area contributed by atoms with Crippen LogP contribution in [0, 0.1) is 5.92 Å². The molecule has 49 heavy (non-hydrogen) atoms. The van der Waals surface area contributed by atoms with Gasteiger partial charge < -0.3 is 36.4 Å². The Bertz CT molecular complexity index is 1690. The molecule has 1 heterocycles. The van der Waals surface area contributed by atoms with E-state index in [1.54, 1.807) is 12.1 Å². The first kappa shape index (κ1) is 35.1. The number of halogens is 4. The minimum atomic E-state index is -4.63. The quantitative estimate of drug-likeness (QED) is 0.127. The number of benzene rings is 2. The molecule has 0 aliphatic heterocycles. The van der Waals surface area contributed by atoms with Crippen LogP contribution in [0.15, 0.2) is 48.5 Å². The van der Waals surface area contributed by atoms with Crippen molar-refractivity contribution in [3.8, 4) is 6.01 Å². The summed E-state index contributed by atoms with van der Waals surface area (Å²) in [5, 5.41) is 23.3. The molecule has 1 aromatic heterocycles. The molecule has 2 fully saturated rings. The Kier molecular flexibility index (Phi) is 10.7. The van der Waals surface area contributed by atoms with Crippen molar-refractivity contribution >= 4 is 52.9 Å². The molecule has 14 nitrogen and oxygen atoms in total. The van der Waals surface area contributed by atoms with Gasteiger partial charge in [-0.05, 0) is 80.0 Å². The van der Waals surface area contributed by atoms with Crippen molar-refractivity contribution < 1.29 is 42.2 Å². The molecule has 0 radical (unpaired) electrons. The van der Waals surface area contributed by atoms with Gasteiger partial charge in [-0.25, -0.2) is 4.79 Å². The molecule has 6 N–H and O–H groups in total. The van der Waals surface area contributed by atoms with E-state index in [4.69, 9.17) is 16.3 Å². The van der Waals surface area contributed by atoms with Crippen molar-refractivity contribution in [2.45, 2.75) is 49.9 Å².